The van der Waals surface area contributed by atoms with Crippen molar-refractivity contribution in [1.82, 2.24) is 9.99 Å². The van der Waals surface area contributed by atoms with Crippen molar-refractivity contribution >= 4 is 39.4 Å². The van der Waals surface area contributed by atoms with E-state index in [1.807, 2.05) is 39.0 Å². The molecule has 202 valence electrons. The highest BCUT2D eigenvalue weighted by atomic mass is 35.5. The quantitative estimate of drug-likeness (QED) is 0.210. The number of hydrogen-bond donors (Lipinski definition) is 1. The molecule has 4 rings (SSSR count). The molecule has 0 aliphatic heterocycles. The minimum atomic E-state index is -4.07. The fourth-order valence-electron chi connectivity index (χ4n) is 4.43. The maximum Gasteiger partial charge on any atom is 0.264 e. The van der Waals surface area contributed by atoms with Crippen LogP contribution in [0.4, 0.5) is 5.69 Å². The number of benzene rings is 3. The summed E-state index contributed by atoms with van der Waals surface area (Å²) in [5, 5.41) is 4.50. The molecule has 0 spiro atoms. The van der Waals surface area contributed by atoms with E-state index in [1.54, 1.807) is 43.5 Å². The van der Waals surface area contributed by atoms with Gasteiger partial charge in [0.1, 0.15) is 6.54 Å². The smallest absolute Gasteiger partial charge is 0.264 e. The summed E-state index contributed by atoms with van der Waals surface area (Å²) in [4.78, 5) is 13.1. The molecule has 0 atom stereocenters. The van der Waals surface area contributed by atoms with Crippen LogP contribution in [0.5, 0.6) is 0 Å². The van der Waals surface area contributed by atoms with Gasteiger partial charge >= 0.3 is 0 Å². The molecule has 1 N–H and O–H groups in total. The first-order chi connectivity index (χ1) is 18.5. The van der Waals surface area contributed by atoms with Crippen molar-refractivity contribution in [1.29, 1.82) is 0 Å². The van der Waals surface area contributed by atoms with Crippen molar-refractivity contribution in [3.05, 3.63) is 111 Å². The number of rotatable bonds is 8. The second-order valence-corrected chi connectivity index (χ2v) is 11.8. The molecular formula is C30H31ClN4O3S. The van der Waals surface area contributed by atoms with Crippen molar-refractivity contribution < 1.29 is 13.2 Å². The number of para-hydroxylation sites is 1. The summed E-state index contributed by atoms with van der Waals surface area (Å²) in [5.41, 5.74) is 9.45. The fraction of sp³-hybridized carbons (Fsp3) is 0.200. The summed E-state index contributed by atoms with van der Waals surface area (Å²) < 4.78 is 30.5. The third-order valence-electron chi connectivity index (χ3n) is 6.56. The van der Waals surface area contributed by atoms with E-state index in [0.717, 1.165) is 38.1 Å². The predicted octanol–water partition coefficient (Wildman–Crippen LogP) is 6.02. The number of carbonyl (C=O) groups excluding carboxylic acids is 1. The normalized spacial score (nSPS) is 11.6. The molecule has 1 aromatic heterocycles. The first kappa shape index (κ1) is 28.1. The van der Waals surface area contributed by atoms with Crippen molar-refractivity contribution in [2.75, 3.05) is 10.8 Å². The molecule has 0 saturated heterocycles. The van der Waals surface area contributed by atoms with Crippen LogP contribution >= 0.6 is 11.6 Å². The first-order valence-corrected chi connectivity index (χ1v) is 14.2. The van der Waals surface area contributed by atoms with Gasteiger partial charge in [0.25, 0.3) is 15.9 Å². The van der Waals surface area contributed by atoms with E-state index in [2.05, 4.69) is 34.2 Å². The van der Waals surface area contributed by atoms with E-state index in [1.165, 1.54) is 12.1 Å². The van der Waals surface area contributed by atoms with Gasteiger partial charge in [0.05, 0.1) is 16.8 Å². The molecule has 0 fully saturated rings. The Morgan fingerprint density at radius 2 is 1.64 bits per heavy atom. The van der Waals surface area contributed by atoms with Crippen molar-refractivity contribution in [2.24, 2.45) is 5.10 Å². The third-order valence-corrected chi connectivity index (χ3v) is 8.56. The summed E-state index contributed by atoms with van der Waals surface area (Å²) >= 11 is 6.20. The Bertz CT molecular complexity index is 1660. The molecule has 1 heterocycles. The molecule has 7 nitrogen and oxygen atoms in total. The van der Waals surface area contributed by atoms with Crippen LogP contribution in [0, 0.1) is 34.6 Å². The van der Waals surface area contributed by atoms with Crippen LogP contribution in [0.15, 0.2) is 82.8 Å². The van der Waals surface area contributed by atoms with Crippen LogP contribution in [-0.2, 0) is 14.8 Å². The van der Waals surface area contributed by atoms with Gasteiger partial charge in [0, 0.05) is 27.7 Å². The Morgan fingerprint density at radius 1 is 0.949 bits per heavy atom. The van der Waals surface area contributed by atoms with Crippen LogP contribution in [0.25, 0.3) is 5.69 Å². The Labute approximate surface area is 234 Å². The van der Waals surface area contributed by atoms with Gasteiger partial charge in [-0.05, 0) is 82.1 Å². The maximum atomic E-state index is 13.6. The Morgan fingerprint density at radius 3 is 2.33 bits per heavy atom. The monoisotopic (exact) mass is 562 g/mol. The van der Waals surface area contributed by atoms with E-state index < -0.39 is 22.5 Å². The molecule has 0 bridgehead atoms. The van der Waals surface area contributed by atoms with E-state index in [9.17, 15) is 13.2 Å². The van der Waals surface area contributed by atoms with Crippen LogP contribution in [0.3, 0.4) is 0 Å². The number of carbonyl (C=O) groups is 1. The van der Waals surface area contributed by atoms with Crippen LogP contribution in [0.1, 0.15) is 33.6 Å². The molecule has 0 aliphatic carbocycles. The second kappa shape index (κ2) is 11.5. The zero-order valence-corrected chi connectivity index (χ0v) is 24.1. The standard InChI is InChI=1S/C30H31ClN4O3S/c1-20-10-14-27(15-11-20)39(37,38)34(29-17-26(31)13-12-22(29)3)19-30(36)33-32-18-25-16-23(4)35(24(25)5)28-9-7-6-8-21(28)2/h6-18H,19H2,1-5H3,(H,33,36)/b32-18-. The summed E-state index contributed by atoms with van der Waals surface area (Å²) in [5.74, 6) is -0.589. The zero-order valence-electron chi connectivity index (χ0n) is 22.6. The van der Waals surface area contributed by atoms with Gasteiger partial charge in [-0.1, -0.05) is 53.6 Å². The maximum absolute atomic E-state index is 13.6. The average Bonchev–Trinajstić information content (AvgIpc) is 3.17. The number of anilines is 1. The van der Waals surface area contributed by atoms with Crippen LogP contribution in [0.2, 0.25) is 5.02 Å². The molecule has 0 unspecified atom stereocenters. The number of sulfonamides is 1. The number of nitrogens with zero attached hydrogens (tertiary/aromatic N) is 3. The first-order valence-electron chi connectivity index (χ1n) is 12.4. The molecule has 0 radical (unpaired) electrons. The molecule has 4 aromatic rings. The summed E-state index contributed by atoms with van der Waals surface area (Å²) in [6.07, 6.45) is 1.57. The number of aromatic nitrogens is 1. The van der Waals surface area contributed by atoms with Gasteiger partial charge in [0.2, 0.25) is 0 Å². The third kappa shape index (κ3) is 6.08. The van der Waals surface area contributed by atoms with E-state index in [0.29, 0.717) is 16.3 Å². The lowest BCUT2D eigenvalue weighted by molar-refractivity contribution is -0.119. The van der Waals surface area contributed by atoms with Crippen molar-refractivity contribution in [3.63, 3.8) is 0 Å². The van der Waals surface area contributed by atoms with Gasteiger partial charge in [-0.25, -0.2) is 13.8 Å². The summed E-state index contributed by atoms with van der Waals surface area (Å²) in [6, 6.07) is 21.5. The van der Waals surface area contributed by atoms with Gasteiger partial charge in [-0.3, -0.25) is 9.10 Å². The predicted molar refractivity (Wildman–Crippen MR) is 158 cm³/mol. The Kier molecular flexibility index (Phi) is 8.28. The summed E-state index contributed by atoms with van der Waals surface area (Å²) in [7, 11) is -4.07. The lowest BCUT2D eigenvalue weighted by Gasteiger charge is -2.25. The molecular weight excluding hydrogens is 532 g/mol. The minimum Gasteiger partial charge on any atom is -0.318 e. The highest BCUT2D eigenvalue weighted by Gasteiger charge is 2.28. The second-order valence-electron chi connectivity index (χ2n) is 9.50. The van der Waals surface area contributed by atoms with Gasteiger partial charge in [-0.15, -0.1) is 0 Å². The number of aryl methyl sites for hydroxylation is 4. The number of halogens is 1. The lowest BCUT2D eigenvalue weighted by atomic mass is 10.2. The fourth-order valence-corrected chi connectivity index (χ4v) is 6.07. The van der Waals surface area contributed by atoms with Gasteiger partial charge in [0.15, 0.2) is 0 Å². The van der Waals surface area contributed by atoms with Crippen molar-refractivity contribution in [2.45, 2.75) is 39.5 Å². The Balaban J connectivity index is 1.59. The topological polar surface area (TPSA) is 83.8 Å². The average molecular weight is 563 g/mol. The molecule has 0 saturated carbocycles. The van der Waals surface area contributed by atoms with E-state index in [-0.39, 0.29) is 4.90 Å². The van der Waals surface area contributed by atoms with Gasteiger partial charge in [-0.2, -0.15) is 5.10 Å². The molecule has 1 amide bonds. The number of amides is 1. The van der Waals surface area contributed by atoms with Crippen LogP contribution < -0.4 is 9.73 Å². The number of hydrogen-bond acceptors (Lipinski definition) is 4. The highest BCUT2D eigenvalue weighted by molar-refractivity contribution is 7.92. The molecule has 3 aromatic carbocycles. The summed E-state index contributed by atoms with van der Waals surface area (Å²) in [6.45, 7) is 9.22. The molecule has 9 heteroatoms. The zero-order chi connectivity index (χ0) is 28.3. The lowest BCUT2D eigenvalue weighted by Crippen LogP contribution is -2.40. The highest BCUT2D eigenvalue weighted by Crippen LogP contribution is 2.29. The largest absolute Gasteiger partial charge is 0.318 e. The SMILES string of the molecule is Cc1ccc(S(=O)(=O)N(CC(=O)N/N=C\c2cc(C)n(-c3ccccc3C)c2C)c2cc(Cl)ccc2C)cc1. The molecule has 0 aliphatic rings. The Hall–Kier alpha value is -3.88. The van der Waals surface area contributed by atoms with Gasteiger partial charge < -0.3 is 4.57 Å². The number of nitrogens with one attached hydrogen (secondary N) is 1. The molecule has 39 heavy (non-hydrogen) atoms. The number of hydrazone groups is 1. The van der Waals surface area contributed by atoms with Crippen molar-refractivity contribution in [3.8, 4) is 5.69 Å². The minimum absolute atomic E-state index is 0.0763. The van der Waals surface area contributed by atoms with E-state index >= 15 is 0 Å². The van der Waals surface area contributed by atoms with E-state index in [4.69, 9.17) is 11.6 Å². The van der Waals surface area contributed by atoms with Crippen LogP contribution in [-0.4, -0.2) is 31.7 Å².